The number of alkyl halides is 1. The molecule has 3 nitrogen and oxygen atoms in total. The molecule has 82 valence electrons. The third-order valence-corrected chi connectivity index (χ3v) is 2.84. The topological polar surface area (TPSA) is 40.2 Å². The number of nitrogens with zero attached hydrogens (tertiary/aromatic N) is 1. The minimum Gasteiger partial charge on any atom is -0.353 e. The SMILES string of the molecule is FC1C=CC=C(C2=c3cc[nH]c3=NCC2)N1. The fourth-order valence-corrected chi connectivity index (χ4v) is 2.11. The highest BCUT2D eigenvalue weighted by molar-refractivity contribution is 5.65. The summed E-state index contributed by atoms with van der Waals surface area (Å²) in [5, 5.41) is 3.91. The van der Waals surface area contributed by atoms with Gasteiger partial charge in [0.25, 0.3) is 0 Å². The zero-order valence-corrected chi connectivity index (χ0v) is 8.70. The summed E-state index contributed by atoms with van der Waals surface area (Å²) in [4.78, 5) is 7.46. The van der Waals surface area contributed by atoms with Crippen molar-refractivity contribution in [3.8, 4) is 0 Å². The zero-order valence-electron chi connectivity index (χ0n) is 8.70. The number of fused-ring (bicyclic) bond motifs is 1. The van der Waals surface area contributed by atoms with Crippen LogP contribution in [0.15, 0.2) is 41.2 Å². The number of aromatic amines is 1. The molecule has 0 bridgehead atoms. The predicted octanol–water partition coefficient (Wildman–Crippen LogP) is 0.528. The Balaban J connectivity index is 2.16. The first-order valence-electron chi connectivity index (χ1n) is 5.35. The molecule has 4 heteroatoms. The molecule has 1 aromatic heterocycles. The van der Waals surface area contributed by atoms with Gasteiger partial charge in [0.15, 0.2) is 6.30 Å². The smallest absolute Gasteiger partial charge is 0.189 e. The Morgan fingerprint density at radius 1 is 1.44 bits per heavy atom. The number of nitrogens with one attached hydrogen (secondary N) is 2. The summed E-state index contributed by atoms with van der Waals surface area (Å²) < 4.78 is 13.2. The number of H-pyrrole nitrogens is 1. The highest BCUT2D eigenvalue weighted by atomic mass is 19.1. The molecular formula is C12H12FN3. The lowest BCUT2D eigenvalue weighted by Gasteiger charge is -2.19. The maximum Gasteiger partial charge on any atom is 0.189 e. The molecule has 3 heterocycles. The molecule has 0 fully saturated rings. The van der Waals surface area contributed by atoms with Crippen molar-refractivity contribution >= 4 is 5.57 Å². The molecule has 16 heavy (non-hydrogen) atoms. The van der Waals surface area contributed by atoms with Crippen LogP contribution in [-0.4, -0.2) is 17.8 Å². The molecular weight excluding hydrogens is 205 g/mol. The molecule has 0 radical (unpaired) electrons. The van der Waals surface area contributed by atoms with E-state index in [1.807, 2.05) is 18.3 Å². The minimum absolute atomic E-state index is 0.753. The second kappa shape index (κ2) is 3.63. The van der Waals surface area contributed by atoms with Gasteiger partial charge in [-0.2, -0.15) is 0 Å². The van der Waals surface area contributed by atoms with Gasteiger partial charge in [0.05, 0.1) is 0 Å². The van der Waals surface area contributed by atoms with Gasteiger partial charge >= 0.3 is 0 Å². The standard InChI is InChI=1S/C12H12FN3/c13-11-3-1-2-10(16-11)8-4-6-14-12-9(8)5-7-15-12/h1-3,5,7,11,16H,4,6H2,(H,14,15). The van der Waals surface area contributed by atoms with Gasteiger partial charge in [-0.1, -0.05) is 6.08 Å². The van der Waals surface area contributed by atoms with Crippen molar-refractivity contribution in [3.05, 3.63) is 46.9 Å². The van der Waals surface area contributed by atoms with Gasteiger partial charge in [0.2, 0.25) is 0 Å². The summed E-state index contributed by atoms with van der Waals surface area (Å²) in [5.41, 5.74) is 2.90. The van der Waals surface area contributed by atoms with Crippen LogP contribution >= 0.6 is 0 Å². The summed E-state index contributed by atoms with van der Waals surface area (Å²) in [5.74, 6) is 0. The maximum atomic E-state index is 13.2. The third kappa shape index (κ3) is 1.46. The summed E-state index contributed by atoms with van der Waals surface area (Å²) in [6, 6.07) is 1.99. The quantitative estimate of drug-likeness (QED) is 0.662. The molecule has 0 saturated carbocycles. The Bertz CT molecular complexity index is 580. The number of hydrogen-bond donors (Lipinski definition) is 2. The summed E-state index contributed by atoms with van der Waals surface area (Å²) in [6.07, 6.45) is 6.79. The van der Waals surface area contributed by atoms with Crippen LogP contribution in [0.4, 0.5) is 4.39 Å². The Hall–Kier alpha value is -1.84. The van der Waals surface area contributed by atoms with Crippen molar-refractivity contribution in [2.75, 3.05) is 6.54 Å². The van der Waals surface area contributed by atoms with Crippen LogP contribution < -0.4 is 16.0 Å². The summed E-state index contributed by atoms with van der Waals surface area (Å²) in [6.45, 7) is 0.753. The third-order valence-electron chi connectivity index (χ3n) is 2.84. The van der Waals surface area contributed by atoms with Crippen LogP contribution in [-0.2, 0) is 0 Å². The van der Waals surface area contributed by atoms with E-state index < -0.39 is 6.30 Å². The van der Waals surface area contributed by atoms with E-state index in [1.165, 1.54) is 6.08 Å². The fourth-order valence-electron chi connectivity index (χ4n) is 2.11. The molecule has 0 saturated heterocycles. The second-order valence-corrected chi connectivity index (χ2v) is 3.86. The lowest BCUT2D eigenvalue weighted by Crippen LogP contribution is -2.34. The Labute approximate surface area is 92.1 Å². The van der Waals surface area contributed by atoms with Crippen molar-refractivity contribution in [1.82, 2.24) is 10.3 Å². The average molecular weight is 217 g/mol. The van der Waals surface area contributed by atoms with Gasteiger partial charge in [0, 0.05) is 23.7 Å². The van der Waals surface area contributed by atoms with E-state index >= 15 is 0 Å². The number of dihydropyridines is 1. The Morgan fingerprint density at radius 3 is 3.25 bits per heavy atom. The molecule has 0 aromatic carbocycles. The number of aromatic nitrogens is 1. The van der Waals surface area contributed by atoms with Crippen molar-refractivity contribution < 1.29 is 4.39 Å². The second-order valence-electron chi connectivity index (χ2n) is 3.86. The average Bonchev–Trinajstić information content (AvgIpc) is 2.76. The van der Waals surface area contributed by atoms with Gasteiger partial charge in [-0.05, 0) is 30.2 Å². The van der Waals surface area contributed by atoms with Crippen molar-refractivity contribution in [1.29, 1.82) is 0 Å². The molecule has 2 aliphatic rings. The molecule has 2 aliphatic heterocycles. The molecule has 0 amide bonds. The van der Waals surface area contributed by atoms with Gasteiger partial charge in [-0.25, -0.2) is 4.39 Å². The van der Waals surface area contributed by atoms with E-state index in [0.29, 0.717) is 0 Å². The van der Waals surface area contributed by atoms with Gasteiger partial charge < -0.3 is 10.3 Å². The van der Waals surface area contributed by atoms with E-state index in [2.05, 4.69) is 15.3 Å². The molecule has 1 aromatic rings. The fraction of sp³-hybridized carbons (Fsp3) is 0.250. The van der Waals surface area contributed by atoms with Crippen molar-refractivity contribution in [2.45, 2.75) is 12.7 Å². The van der Waals surface area contributed by atoms with Crippen LogP contribution in [0.25, 0.3) is 5.57 Å². The van der Waals surface area contributed by atoms with Gasteiger partial charge in [-0.15, -0.1) is 0 Å². The minimum atomic E-state index is -1.09. The normalized spacial score (nSPS) is 23.2. The van der Waals surface area contributed by atoms with Crippen molar-refractivity contribution in [2.24, 2.45) is 4.99 Å². The number of halogens is 1. The lowest BCUT2D eigenvalue weighted by molar-refractivity contribution is 0.358. The van der Waals surface area contributed by atoms with E-state index in [1.54, 1.807) is 6.08 Å². The molecule has 1 unspecified atom stereocenters. The van der Waals surface area contributed by atoms with E-state index in [0.717, 1.165) is 34.9 Å². The van der Waals surface area contributed by atoms with E-state index in [9.17, 15) is 4.39 Å². The highest BCUT2D eigenvalue weighted by Gasteiger charge is 2.15. The zero-order chi connectivity index (χ0) is 11.0. The largest absolute Gasteiger partial charge is 0.353 e. The summed E-state index contributed by atoms with van der Waals surface area (Å²) >= 11 is 0. The van der Waals surface area contributed by atoms with Gasteiger partial charge in [0.1, 0.15) is 5.49 Å². The van der Waals surface area contributed by atoms with Crippen LogP contribution in [0.2, 0.25) is 0 Å². The first-order chi connectivity index (χ1) is 7.84. The van der Waals surface area contributed by atoms with E-state index in [-0.39, 0.29) is 0 Å². The first kappa shape index (κ1) is 9.39. The summed E-state index contributed by atoms with van der Waals surface area (Å²) in [7, 11) is 0. The van der Waals surface area contributed by atoms with Crippen LogP contribution in [0.5, 0.6) is 0 Å². The molecule has 0 aliphatic carbocycles. The van der Waals surface area contributed by atoms with E-state index in [4.69, 9.17) is 0 Å². The maximum absolute atomic E-state index is 13.2. The Morgan fingerprint density at radius 2 is 2.38 bits per heavy atom. The van der Waals surface area contributed by atoms with Gasteiger partial charge in [-0.3, -0.25) is 4.99 Å². The van der Waals surface area contributed by atoms with Crippen LogP contribution in [0, 0.1) is 0 Å². The molecule has 2 N–H and O–H groups in total. The number of allylic oxidation sites excluding steroid dienone is 3. The molecule has 1 atom stereocenters. The number of hydrogen-bond acceptors (Lipinski definition) is 2. The predicted molar refractivity (Wildman–Crippen MR) is 59.7 cm³/mol. The lowest BCUT2D eigenvalue weighted by atomic mass is 10.0. The molecule has 3 rings (SSSR count). The van der Waals surface area contributed by atoms with Crippen molar-refractivity contribution in [3.63, 3.8) is 0 Å². The van der Waals surface area contributed by atoms with Crippen LogP contribution in [0.1, 0.15) is 6.42 Å². The van der Waals surface area contributed by atoms with Crippen LogP contribution in [0.3, 0.4) is 0 Å². The molecule has 0 spiro atoms. The highest BCUT2D eigenvalue weighted by Crippen LogP contribution is 2.16. The monoisotopic (exact) mass is 217 g/mol. The number of rotatable bonds is 1. The first-order valence-corrected chi connectivity index (χ1v) is 5.35. The Kier molecular flexibility index (Phi) is 2.13.